The van der Waals surface area contributed by atoms with Crippen LogP contribution in [0.1, 0.15) is 26.5 Å². The fraction of sp³-hybridized carbons (Fsp3) is 0.0526. The second kappa shape index (κ2) is 7.36. The molecule has 0 atom stereocenters. The minimum atomic E-state index is -0.345. The van der Waals surface area contributed by atoms with Crippen LogP contribution in [0.25, 0.3) is 0 Å². The van der Waals surface area contributed by atoms with Gasteiger partial charge in [-0.05, 0) is 71.4 Å². The van der Waals surface area contributed by atoms with Gasteiger partial charge in [0.05, 0.1) is 0 Å². The fourth-order valence-electron chi connectivity index (χ4n) is 2.26. The molecule has 2 aromatic carbocycles. The third kappa shape index (κ3) is 4.36. The molecular weight excluding hydrogens is 384 g/mol. The van der Waals surface area contributed by atoms with E-state index >= 15 is 0 Å². The molecule has 0 saturated heterocycles. The van der Waals surface area contributed by atoms with E-state index in [1.54, 1.807) is 42.5 Å². The number of carbonyl (C=O) groups excluding carboxylic acids is 2. The van der Waals surface area contributed by atoms with Crippen molar-refractivity contribution in [3.63, 3.8) is 0 Å². The summed E-state index contributed by atoms with van der Waals surface area (Å²) in [5.74, 6) is -0.313. The summed E-state index contributed by atoms with van der Waals surface area (Å²) in [7, 11) is 0. The average molecular weight is 399 g/mol. The first-order valence-electron chi connectivity index (χ1n) is 7.56. The highest BCUT2D eigenvalue weighted by atomic mass is 79.9. The second-order valence-electron chi connectivity index (χ2n) is 5.46. The van der Waals surface area contributed by atoms with Gasteiger partial charge in [-0.3, -0.25) is 9.59 Å². The number of anilines is 2. The maximum Gasteiger partial charge on any atom is 0.291 e. The summed E-state index contributed by atoms with van der Waals surface area (Å²) >= 11 is 3.16. The fourth-order valence-corrected chi connectivity index (χ4v) is 2.56. The number of hydrogen-bond acceptors (Lipinski definition) is 3. The van der Waals surface area contributed by atoms with E-state index in [1.165, 1.54) is 0 Å². The molecule has 126 valence electrons. The highest BCUT2D eigenvalue weighted by Gasteiger charge is 2.11. The standard InChI is InChI=1S/C19H15BrN2O3/c1-12-3-2-4-13(11-12)18(23)21-14-5-7-15(8-6-14)22-19(24)16-9-10-17(20)25-16/h2-11H,1H3,(H,21,23)(H,22,24). The third-order valence-electron chi connectivity index (χ3n) is 3.48. The number of nitrogens with one attached hydrogen (secondary N) is 2. The molecule has 1 aromatic heterocycles. The van der Waals surface area contributed by atoms with Crippen LogP contribution in [0.5, 0.6) is 0 Å². The lowest BCUT2D eigenvalue weighted by Gasteiger charge is -2.08. The van der Waals surface area contributed by atoms with Gasteiger partial charge in [0, 0.05) is 16.9 Å². The SMILES string of the molecule is Cc1cccc(C(=O)Nc2ccc(NC(=O)c3ccc(Br)o3)cc2)c1. The number of aryl methyl sites for hydroxylation is 1. The predicted octanol–water partition coefficient (Wildman–Crippen LogP) is 4.86. The molecule has 2 amide bonds. The largest absolute Gasteiger partial charge is 0.444 e. The van der Waals surface area contributed by atoms with Gasteiger partial charge < -0.3 is 15.1 Å². The molecular formula is C19H15BrN2O3. The van der Waals surface area contributed by atoms with E-state index in [0.717, 1.165) is 5.56 Å². The van der Waals surface area contributed by atoms with Crippen LogP contribution in [0.4, 0.5) is 11.4 Å². The Kier molecular flexibility index (Phi) is 5.00. The van der Waals surface area contributed by atoms with Crippen LogP contribution >= 0.6 is 15.9 Å². The molecule has 0 saturated carbocycles. The lowest BCUT2D eigenvalue weighted by molar-refractivity contribution is 0.0993. The summed E-state index contributed by atoms with van der Waals surface area (Å²) in [4.78, 5) is 24.2. The van der Waals surface area contributed by atoms with Crippen molar-refractivity contribution in [3.05, 3.63) is 82.2 Å². The maximum absolute atomic E-state index is 12.2. The van der Waals surface area contributed by atoms with Crippen LogP contribution in [-0.2, 0) is 0 Å². The van der Waals surface area contributed by atoms with Crippen molar-refractivity contribution in [2.24, 2.45) is 0 Å². The van der Waals surface area contributed by atoms with E-state index < -0.39 is 0 Å². The zero-order valence-corrected chi connectivity index (χ0v) is 15.0. The Morgan fingerprint density at radius 3 is 2.08 bits per heavy atom. The molecule has 6 heteroatoms. The first-order chi connectivity index (χ1) is 12.0. The van der Waals surface area contributed by atoms with E-state index in [9.17, 15) is 9.59 Å². The quantitative estimate of drug-likeness (QED) is 0.659. The third-order valence-corrected chi connectivity index (χ3v) is 3.90. The first kappa shape index (κ1) is 17.0. The van der Waals surface area contributed by atoms with Crippen molar-refractivity contribution in [3.8, 4) is 0 Å². The maximum atomic E-state index is 12.2. The number of furan rings is 1. The molecule has 3 rings (SSSR count). The van der Waals surface area contributed by atoms with Crippen molar-refractivity contribution in [1.29, 1.82) is 0 Å². The number of rotatable bonds is 4. The highest BCUT2D eigenvalue weighted by Crippen LogP contribution is 2.18. The molecule has 0 unspecified atom stereocenters. The van der Waals surface area contributed by atoms with E-state index in [2.05, 4.69) is 26.6 Å². The molecule has 0 aliphatic carbocycles. The first-order valence-corrected chi connectivity index (χ1v) is 8.35. The molecule has 0 bridgehead atoms. The second-order valence-corrected chi connectivity index (χ2v) is 6.24. The van der Waals surface area contributed by atoms with Crippen LogP contribution in [0.2, 0.25) is 0 Å². The average Bonchev–Trinajstić information content (AvgIpc) is 3.03. The van der Waals surface area contributed by atoms with Gasteiger partial charge in [-0.25, -0.2) is 0 Å². The lowest BCUT2D eigenvalue weighted by atomic mass is 10.1. The molecule has 25 heavy (non-hydrogen) atoms. The number of halogens is 1. The Morgan fingerprint density at radius 2 is 1.52 bits per heavy atom. The summed E-state index contributed by atoms with van der Waals surface area (Å²) in [5, 5.41) is 5.55. The van der Waals surface area contributed by atoms with Gasteiger partial charge in [-0.1, -0.05) is 17.7 Å². The van der Waals surface area contributed by atoms with Crippen molar-refractivity contribution >= 4 is 39.1 Å². The zero-order chi connectivity index (χ0) is 17.8. The Morgan fingerprint density at radius 1 is 0.880 bits per heavy atom. The van der Waals surface area contributed by atoms with Crippen LogP contribution in [-0.4, -0.2) is 11.8 Å². The van der Waals surface area contributed by atoms with Crippen LogP contribution < -0.4 is 10.6 Å². The number of amides is 2. The summed E-state index contributed by atoms with van der Waals surface area (Å²) in [6.07, 6.45) is 0. The Hall–Kier alpha value is -2.86. The summed E-state index contributed by atoms with van der Waals surface area (Å²) in [5.41, 5.74) is 2.87. The molecule has 0 aliphatic heterocycles. The van der Waals surface area contributed by atoms with Gasteiger partial charge in [0.25, 0.3) is 11.8 Å². The molecule has 0 aliphatic rings. The normalized spacial score (nSPS) is 10.3. The van der Waals surface area contributed by atoms with Crippen molar-refractivity contribution in [1.82, 2.24) is 0 Å². The lowest BCUT2D eigenvalue weighted by Crippen LogP contribution is -2.13. The Labute approximate surface area is 153 Å². The molecule has 2 N–H and O–H groups in total. The topological polar surface area (TPSA) is 71.3 Å². The summed E-state index contributed by atoms with van der Waals surface area (Å²) in [6.45, 7) is 1.94. The predicted molar refractivity (Wildman–Crippen MR) is 99.9 cm³/mol. The summed E-state index contributed by atoms with van der Waals surface area (Å²) in [6, 6.07) is 17.5. The molecule has 0 fully saturated rings. The number of carbonyl (C=O) groups is 2. The van der Waals surface area contributed by atoms with E-state index in [0.29, 0.717) is 21.6 Å². The molecule has 1 heterocycles. The minimum Gasteiger partial charge on any atom is -0.444 e. The highest BCUT2D eigenvalue weighted by molar-refractivity contribution is 9.10. The zero-order valence-electron chi connectivity index (χ0n) is 13.4. The summed E-state index contributed by atoms with van der Waals surface area (Å²) < 4.78 is 5.69. The van der Waals surface area contributed by atoms with Crippen LogP contribution in [0.3, 0.4) is 0 Å². The number of benzene rings is 2. The smallest absolute Gasteiger partial charge is 0.291 e. The van der Waals surface area contributed by atoms with Gasteiger partial charge in [-0.15, -0.1) is 0 Å². The van der Waals surface area contributed by atoms with Crippen LogP contribution in [0.15, 0.2) is 69.8 Å². The van der Waals surface area contributed by atoms with Crippen molar-refractivity contribution in [2.45, 2.75) is 6.92 Å². The minimum absolute atomic E-state index is 0.180. The van der Waals surface area contributed by atoms with Gasteiger partial charge in [0.1, 0.15) is 0 Å². The van der Waals surface area contributed by atoms with E-state index in [1.807, 2.05) is 25.1 Å². The Bertz CT molecular complexity index is 916. The molecule has 3 aromatic rings. The van der Waals surface area contributed by atoms with Gasteiger partial charge in [0.15, 0.2) is 10.4 Å². The van der Waals surface area contributed by atoms with Crippen LogP contribution in [0, 0.1) is 6.92 Å². The van der Waals surface area contributed by atoms with Gasteiger partial charge >= 0.3 is 0 Å². The Balaban J connectivity index is 1.64. The van der Waals surface area contributed by atoms with Crippen molar-refractivity contribution < 1.29 is 14.0 Å². The van der Waals surface area contributed by atoms with E-state index in [-0.39, 0.29) is 17.6 Å². The molecule has 0 radical (unpaired) electrons. The monoisotopic (exact) mass is 398 g/mol. The van der Waals surface area contributed by atoms with Gasteiger partial charge in [-0.2, -0.15) is 0 Å². The number of hydrogen-bond donors (Lipinski definition) is 2. The van der Waals surface area contributed by atoms with E-state index in [4.69, 9.17) is 4.42 Å². The van der Waals surface area contributed by atoms with Gasteiger partial charge in [0.2, 0.25) is 0 Å². The molecule has 5 nitrogen and oxygen atoms in total. The molecule has 0 spiro atoms. The van der Waals surface area contributed by atoms with Crippen molar-refractivity contribution in [2.75, 3.05) is 10.6 Å².